The zero-order valence-corrected chi connectivity index (χ0v) is 14.9. The molecule has 0 aliphatic carbocycles. The van der Waals surface area contributed by atoms with Crippen LogP contribution in [0, 0.1) is 0 Å². The zero-order chi connectivity index (χ0) is 18.4. The summed E-state index contributed by atoms with van der Waals surface area (Å²) in [4.78, 5) is 25.5. The van der Waals surface area contributed by atoms with Crippen LogP contribution in [0.5, 0.6) is 0 Å². The summed E-state index contributed by atoms with van der Waals surface area (Å²) in [6.45, 7) is 2.09. The largest absolute Gasteiger partial charge is 0.467 e. The van der Waals surface area contributed by atoms with E-state index in [0.29, 0.717) is 18.5 Å². The third-order valence-corrected chi connectivity index (χ3v) is 4.72. The molecule has 0 saturated carbocycles. The number of nitrogens with one attached hydrogen (secondary N) is 1. The van der Waals surface area contributed by atoms with Crippen molar-refractivity contribution in [2.45, 2.75) is 38.4 Å². The Labute approximate surface area is 153 Å². The summed E-state index contributed by atoms with van der Waals surface area (Å²) in [5, 5.41) is 3.41. The number of likely N-dealkylation sites (tertiary alicyclic amines) is 1. The van der Waals surface area contributed by atoms with Crippen molar-refractivity contribution < 1.29 is 18.7 Å². The molecule has 0 bridgehead atoms. The van der Waals surface area contributed by atoms with Crippen LogP contribution < -0.4 is 5.32 Å². The molecule has 138 valence electrons. The number of hydrogen-bond donors (Lipinski definition) is 1. The molecule has 1 aromatic heterocycles. The third-order valence-electron chi connectivity index (χ3n) is 4.72. The van der Waals surface area contributed by atoms with Crippen molar-refractivity contribution in [1.29, 1.82) is 0 Å². The second kappa shape index (κ2) is 8.67. The maximum atomic E-state index is 12.1. The highest BCUT2D eigenvalue weighted by atomic mass is 16.5. The Morgan fingerprint density at radius 3 is 2.81 bits per heavy atom. The number of furan rings is 1. The normalized spacial score (nSPS) is 16.9. The lowest BCUT2D eigenvalue weighted by molar-refractivity contribution is -0.129. The predicted octanol–water partition coefficient (Wildman–Crippen LogP) is 2.74. The van der Waals surface area contributed by atoms with Gasteiger partial charge in [0.15, 0.2) is 0 Å². The Bertz CT molecular complexity index is 725. The minimum atomic E-state index is -0.327. The molecule has 1 N–H and O–H groups in total. The standard InChI is InChI=1S/C20H24N2O4/c1-25-20(24)16-6-4-15(5-7-16)13-21-11-10-17-8-9-19(23)22(17)14-18-3-2-12-26-18/h2-7,12,17,21H,8-11,13-14H2,1H3. The molecule has 0 radical (unpaired) electrons. The van der Waals surface area contributed by atoms with Gasteiger partial charge in [0.1, 0.15) is 5.76 Å². The van der Waals surface area contributed by atoms with E-state index >= 15 is 0 Å². The molecule has 6 nitrogen and oxygen atoms in total. The SMILES string of the molecule is COC(=O)c1ccc(CNCCC2CCC(=O)N2Cc2ccco2)cc1. The monoisotopic (exact) mass is 356 g/mol. The van der Waals surface area contributed by atoms with Gasteiger partial charge in [-0.25, -0.2) is 4.79 Å². The Morgan fingerprint density at radius 2 is 2.12 bits per heavy atom. The van der Waals surface area contributed by atoms with Crippen molar-refractivity contribution in [3.8, 4) is 0 Å². The van der Waals surface area contributed by atoms with Gasteiger partial charge in [0.25, 0.3) is 0 Å². The van der Waals surface area contributed by atoms with E-state index in [9.17, 15) is 9.59 Å². The third kappa shape index (κ3) is 4.52. The van der Waals surface area contributed by atoms with E-state index in [1.807, 2.05) is 29.2 Å². The number of rotatable bonds is 8. The molecule has 1 aromatic carbocycles. The molecule has 1 unspecified atom stereocenters. The summed E-state index contributed by atoms with van der Waals surface area (Å²) in [5.41, 5.74) is 1.65. The van der Waals surface area contributed by atoms with Crippen molar-refractivity contribution in [3.05, 3.63) is 59.5 Å². The Kier molecular flexibility index (Phi) is 6.07. The van der Waals surface area contributed by atoms with E-state index < -0.39 is 0 Å². The molecule has 2 heterocycles. The Hall–Kier alpha value is -2.60. The summed E-state index contributed by atoms with van der Waals surface area (Å²) in [7, 11) is 1.38. The average molecular weight is 356 g/mol. The number of carbonyl (C=O) groups excluding carboxylic acids is 2. The topological polar surface area (TPSA) is 71.8 Å². The van der Waals surface area contributed by atoms with Gasteiger partial charge in [-0.15, -0.1) is 0 Å². The second-order valence-corrected chi connectivity index (χ2v) is 6.45. The molecule has 1 saturated heterocycles. The molecule has 0 spiro atoms. The fraction of sp³-hybridized carbons (Fsp3) is 0.400. The van der Waals surface area contributed by atoms with E-state index in [4.69, 9.17) is 9.15 Å². The first kappa shape index (κ1) is 18.2. The van der Waals surface area contributed by atoms with Crippen LogP contribution in [-0.2, 0) is 22.6 Å². The molecular weight excluding hydrogens is 332 g/mol. The van der Waals surface area contributed by atoms with Gasteiger partial charge in [0.2, 0.25) is 5.91 Å². The Morgan fingerprint density at radius 1 is 1.31 bits per heavy atom. The van der Waals surface area contributed by atoms with Crippen molar-refractivity contribution in [2.75, 3.05) is 13.7 Å². The summed E-state index contributed by atoms with van der Waals surface area (Å²) in [5.74, 6) is 0.695. The van der Waals surface area contributed by atoms with Crippen LogP contribution in [0.1, 0.15) is 40.9 Å². The van der Waals surface area contributed by atoms with E-state index in [1.165, 1.54) is 7.11 Å². The second-order valence-electron chi connectivity index (χ2n) is 6.45. The van der Waals surface area contributed by atoms with Crippen LogP contribution in [0.15, 0.2) is 47.1 Å². The van der Waals surface area contributed by atoms with Gasteiger partial charge in [-0.3, -0.25) is 4.79 Å². The summed E-state index contributed by atoms with van der Waals surface area (Å²) in [6, 6.07) is 11.4. The number of benzene rings is 1. The Balaban J connectivity index is 1.44. The van der Waals surface area contributed by atoms with Gasteiger partial charge in [-0.2, -0.15) is 0 Å². The average Bonchev–Trinajstić information content (AvgIpc) is 3.30. The van der Waals surface area contributed by atoms with Crippen LogP contribution in [0.4, 0.5) is 0 Å². The first-order valence-corrected chi connectivity index (χ1v) is 8.87. The van der Waals surface area contributed by atoms with Crippen LogP contribution in [-0.4, -0.2) is 36.5 Å². The van der Waals surface area contributed by atoms with Gasteiger partial charge in [-0.05, 0) is 49.2 Å². The van der Waals surface area contributed by atoms with Crippen LogP contribution >= 0.6 is 0 Å². The van der Waals surface area contributed by atoms with Gasteiger partial charge < -0.3 is 19.4 Å². The fourth-order valence-electron chi connectivity index (χ4n) is 3.26. The van der Waals surface area contributed by atoms with Crippen molar-refractivity contribution in [1.82, 2.24) is 10.2 Å². The minimum Gasteiger partial charge on any atom is -0.467 e. The smallest absolute Gasteiger partial charge is 0.337 e. The number of amides is 1. The molecule has 6 heteroatoms. The molecule has 1 atom stereocenters. The molecular formula is C20H24N2O4. The van der Waals surface area contributed by atoms with Crippen LogP contribution in [0.3, 0.4) is 0 Å². The van der Waals surface area contributed by atoms with Crippen LogP contribution in [0.25, 0.3) is 0 Å². The van der Waals surface area contributed by atoms with Crippen LogP contribution in [0.2, 0.25) is 0 Å². The molecule has 1 fully saturated rings. The van der Waals surface area contributed by atoms with Gasteiger partial charge in [0.05, 0.1) is 25.5 Å². The van der Waals surface area contributed by atoms with Crippen molar-refractivity contribution in [2.24, 2.45) is 0 Å². The van der Waals surface area contributed by atoms with E-state index in [1.54, 1.807) is 18.4 Å². The number of hydrogen-bond acceptors (Lipinski definition) is 5. The van der Waals surface area contributed by atoms with Gasteiger partial charge in [0, 0.05) is 19.0 Å². The van der Waals surface area contributed by atoms with E-state index in [-0.39, 0.29) is 17.9 Å². The lowest BCUT2D eigenvalue weighted by Crippen LogP contribution is -2.34. The predicted molar refractivity (Wildman–Crippen MR) is 96.4 cm³/mol. The van der Waals surface area contributed by atoms with E-state index in [2.05, 4.69) is 5.32 Å². The molecule has 2 aromatic rings. The minimum absolute atomic E-state index is 0.199. The number of ether oxygens (including phenoxy) is 1. The maximum absolute atomic E-state index is 12.1. The first-order chi connectivity index (χ1) is 12.7. The highest BCUT2D eigenvalue weighted by Crippen LogP contribution is 2.23. The highest BCUT2D eigenvalue weighted by Gasteiger charge is 2.30. The van der Waals surface area contributed by atoms with E-state index in [0.717, 1.165) is 37.3 Å². The van der Waals surface area contributed by atoms with Gasteiger partial charge in [-0.1, -0.05) is 12.1 Å². The lowest BCUT2D eigenvalue weighted by atomic mass is 10.1. The highest BCUT2D eigenvalue weighted by molar-refractivity contribution is 5.89. The molecule has 26 heavy (non-hydrogen) atoms. The lowest BCUT2D eigenvalue weighted by Gasteiger charge is -2.24. The fourth-order valence-corrected chi connectivity index (χ4v) is 3.26. The summed E-state index contributed by atoms with van der Waals surface area (Å²) in [6.07, 6.45) is 4.06. The first-order valence-electron chi connectivity index (χ1n) is 8.87. The number of nitrogens with zero attached hydrogens (tertiary/aromatic N) is 1. The maximum Gasteiger partial charge on any atom is 0.337 e. The van der Waals surface area contributed by atoms with Gasteiger partial charge >= 0.3 is 5.97 Å². The molecule has 1 aliphatic rings. The molecule has 3 rings (SSSR count). The van der Waals surface area contributed by atoms with Crippen molar-refractivity contribution in [3.63, 3.8) is 0 Å². The molecule has 1 aliphatic heterocycles. The number of esters is 1. The van der Waals surface area contributed by atoms with Crippen molar-refractivity contribution >= 4 is 11.9 Å². The zero-order valence-electron chi connectivity index (χ0n) is 14.9. The quantitative estimate of drug-likeness (QED) is 0.582. The number of carbonyl (C=O) groups is 2. The summed E-state index contributed by atoms with van der Waals surface area (Å²) >= 11 is 0. The summed E-state index contributed by atoms with van der Waals surface area (Å²) < 4.78 is 10.1. The molecule has 1 amide bonds. The number of methoxy groups -OCH3 is 1.